The number of hydrogen-bond donors (Lipinski definition) is 3. The Morgan fingerprint density at radius 1 is 1.46 bits per heavy atom. The average molecular weight is 522 g/mol. The standard InChI is InChI=1S/C20H34N4O2S.HI/c1-21-19(23-15-20(6-9-25)7-10-26-16-20)22-12-17-4-2-8-24(13-17)14-18-5-3-11-27-18;/h3,5,11,17,25H,2,4,6-10,12-16H2,1H3,(H2,21,22,23);1H. The van der Waals surface area contributed by atoms with E-state index in [4.69, 9.17) is 4.74 Å². The second-order valence-electron chi connectivity index (χ2n) is 7.91. The Bertz CT molecular complexity index is 579. The molecule has 0 saturated carbocycles. The van der Waals surface area contributed by atoms with E-state index >= 15 is 0 Å². The number of aliphatic hydroxyl groups excluding tert-OH is 1. The zero-order valence-electron chi connectivity index (χ0n) is 16.9. The number of guanidine groups is 1. The van der Waals surface area contributed by atoms with Gasteiger partial charge in [0.1, 0.15) is 0 Å². The van der Waals surface area contributed by atoms with Gasteiger partial charge in [0.05, 0.1) is 6.61 Å². The van der Waals surface area contributed by atoms with Gasteiger partial charge in [0.15, 0.2) is 5.96 Å². The van der Waals surface area contributed by atoms with Gasteiger partial charge in [-0.25, -0.2) is 0 Å². The molecule has 2 unspecified atom stereocenters. The molecular weight excluding hydrogens is 487 g/mol. The SMILES string of the molecule is CN=C(NCC1CCCN(Cc2cccs2)C1)NCC1(CCO)CCOC1.I. The third kappa shape index (κ3) is 7.12. The first-order chi connectivity index (χ1) is 13.2. The van der Waals surface area contributed by atoms with E-state index in [1.807, 2.05) is 18.4 Å². The van der Waals surface area contributed by atoms with E-state index in [2.05, 4.69) is 38.0 Å². The van der Waals surface area contributed by atoms with E-state index in [0.717, 1.165) is 58.2 Å². The number of nitrogens with one attached hydrogen (secondary N) is 2. The second kappa shape index (κ2) is 12.3. The zero-order chi connectivity index (χ0) is 19.0. The zero-order valence-corrected chi connectivity index (χ0v) is 20.0. The Balaban J connectivity index is 0.00000280. The molecule has 0 amide bonds. The topological polar surface area (TPSA) is 69.1 Å². The predicted octanol–water partition coefficient (Wildman–Crippen LogP) is 2.53. The van der Waals surface area contributed by atoms with E-state index in [9.17, 15) is 5.11 Å². The van der Waals surface area contributed by atoms with Crippen molar-refractivity contribution in [1.29, 1.82) is 0 Å². The molecule has 2 aliphatic rings. The molecule has 2 saturated heterocycles. The van der Waals surface area contributed by atoms with E-state index in [1.54, 1.807) is 0 Å². The molecule has 160 valence electrons. The van der Waals surface area contributed by atoms with Crippen molar-refractivity contribution in [2.75, 3.05) is 53.0 Å². The summed E-state index contributed by atoms with van der Waals surface area (Å²) in [6.07, 6.45) is 4.31. The number of likely N-dealkylation sites (tertiary alicyclic amines) is 1. The van der Waals surface area contributed by atoms with Crippen LogP contribution in [-0.4, -0.2) is 69.0 Å². The van der Waals surface area contributed by atoms with Crippen LogP contribution in [0.4, 0.5) is 0 Å². The summed E-state index contributed by atoms with van der Waals surface area (Å²) in [6, 6.07) is 4.37. The summed E-state index contributed by atoms with van der Waals surface area (Å²) in [7, 11) is 1.82. The summed E-state index contributed by atoms with van der Waals surface area (Å²) in [4.78, 5) is 8.41. The largest absolute Gasteiger partial charge is 0.396 e. The fraction of sp³-hybridized carbons (Fsp3) is 0.750. The number of aliphatic hydroxyl groups is 1. The maximum absolute atomic E-state index is 9.37. The van der Waals surface area contributed by atoms with Crippen LogP contribution in [0.25, 0.3) is 0 Å². The van der Waals surface area contributed by atoms with Gasteiger partial charge in [0, 0.05) is 56.7 Å². The molecule has 0 aliphatic carbocycles. The van der Waals surface area contributed by atoms with Gasteiger partial charge in [-0.3, -0.25) is 9.89 Å². The maximum Gasteiger partial charge on any atom is 0.191 e. The van der Waals surface area contributed by atoms with Crippen LogP contribution < -0.4 is 10.6 Å². The van der Waals surface area contributed by atoms with Crippen molar-refractivity contribution >= 4 is 41.3 Å². The van der Waals surface area contributed by atoms with Gasteiger partial charge in [0.2, 0.25) is 0 Å². The number of thiophene rings is 1. The fourth-order valence-corrected chi connectivity index (χ4v) is 4.88. The number of aliphatic imine (C=N–C) groups is 1. The highest BCUT2D eigenvalue weighted by Crippen LogP contribution is 2.31. The van der Waals surface area contributed by atoms with Gasteiger partial charge in [-0.15, -0.1) is 35.3 Å². The monoisotopic (exact) mass is 522 g/mol. The van der Waals surface area contributed by atoms with Crippen LogP contribution in [0.5, 0.6) is 0 Å². The minimum absolute atomic E-state index is 0. The van der Waals surface area contributed by atoms with Crippen molar-refractivity contribution in [2.24, 2.45) is 16.3 Å². The van der Waals surface area contributed by atoms with Crippen LogP contribution in [0.2, 0.25) is 0 Å². The third-order valence-corrected chi connectivity index (χ3v) is 6.66. The maximum atomic E-state index is 9.37. The molecule has 0 aromatic carbocycles. The molecule has 1 aromatic rings. The summed E-state index contributed by atoms with van der Waals surface area (Å²) < 4.78 is 5.57. The quantitative estimate of drug-likeness (QED) is 0.278. The predicted molar refractivity (Wildman–Crippen MR) is 127 cm³/mol. The van der Waals surface area contributed by atoms with E-state index in [1.165, 1.54) is 24.3 Å². The molecule has 3 heterocycles. The number of ether oxygens (including phenoxy) is 1. The van der Waals surface area contributed by atoms with Crippen molar-refractivity contribution in [3.8, 4) is 0 Å². The van der Waals surface area contributed by atoms with Crippen molar-refractivity contribution in [3.63, 3.8) is 0 Å². The van der Waals surface area contributed by atoms with Crippen molar-refractivity contribution in [3.05, 3.63) is 22.4 Å². The first-order valence-corrected chi connectivity index (χ1v) is 11.0. The average Bonchev–Trinajstić information content (AvgIpc) is 3.35. The molecular formula is C20H35IN4O2S. The van der Waals surface area contributed by atoms with Crippen LogP contribution in [0.15, 0.2) is 22.5 Å². The minimum atomic E-state index is 0. The second-order valence-corrected chi connectivity index (χ2v) is 8.94. The van der Waals surface area contributed by atoms with Gasteiger partial charge >= 0.3 is 0 Å². The van der Waals surface area contributed by atoms with Gasteiger partial charge in [0.25, 0.3) is 0 Å². The van der Waals surface area contributed by atoms with Gasteiger partial charge in [-0.2, -0.15) is 0 Å². The summed E-state index contributed by atoms with van der Waals surface area (Å²) in [5, 5.41) is 18.5. The highest BCUT2D eigenvalue weighted by atomic mass is 127. The van der Waals surface area contributed by atoms with E-state index in [0.29, 0.717) is 5.92 Å². The number of nitrogens with zero attached hydrogens (tertiary/aromatic N) is 2. The van der Waals surface area contributed by atoms with Gasteiger partial charge in [-0.05, 0) is 49.6 Å². The lowest BCUT2D eigenvalue weighted by molar-refractivity contribution is 0.127. The minimum Gasteiger partial charge on any atom is -0.396 e. The molecule has 0 radical (unpaired) electrons. The highest BCUT2D eigenvalue weighted by molar-refractivity contribution is 14.0. The van der Waals surface area contributed by atoms with Crippen molar-refractivity contribution < 1.29 is 9.84 Å². The van der Waals surface area contributed by atoms with Crippen LogP contribution >= 0.6 is 35.3 Å². The molecule has 1 aromatic heterocycles. The Hall–Kier alpha value is -0.420. The first-order valence-electron chi connectivity index (χ1n) is 10.1. The van der Waals surface area contributed by atoms with E-state index in [-0.39, 0.29) is 36.0 Å². The molecule has 2 atom stereocenters. The lowest BCUT2D eigenvalue weighted by Gasteiger charge is -2.33. The number of rotatable bonds is 8. The van der Waals surface area contributed by atoms with Gasteiger partial charge in [-0.1, -0.05) is 6.07 Å². The van der Waals surface area contributed by atoms with Crippen LogP contribution in [0.3, 0.4) is 0 Å². The van der Waals surface area contributed by atoms with Crippen molar-refractivity contribution in [2.45, 2.75) is 32.2 Å². The molecule has 28 heavy (non-hydrogen) atoms. The Morgan fingerprint density at radius 3 is 3.04 bits per heavy atom. The van der Waals surface area contributed by atoms with Crippen LogP contribution in [0, 0.1) is 11.3 Å². The lowest BCUT2D eigenvalue weighted by Crippen LogP contribution is -2.47. The number of hydrogen-bond acceptors (Lipinski definition) is 5. The smallest absolute Gasteiger partial charge is 0.191 e. The number of piperidine rings is 1. The van der Waals surface area contributed by atoms with Crippen LogP contribution in [-0.2, 0) is 11.3 Å². The fourth-order valence-electron chi connectivity index (χ4n) is 4.13. The molecule has 3 N–H and O–H groups in total. The molecule has 3 rings (SSSR count). The number of halogens is 1. The van der Waals surface area contributed by atoms with Gasteiger partial charge < -0.3 is 20.5 Å². The first kappa shape index (κ1) is 23.9. The highest BCUT2D eigenvalue weighted by Gasteiger charge is 2.34. The summed E-state index contributed by atoms with van der Waals surface area (Å²) in [5.41, 5.74) is 0.0364. The Kier molecular flexibility index (Phi) is 10.5. The molecule has 2 aliphatic heterocycles. The Labute approximate surface area is 190 Å². The molecule has 8 heteroatoms. The lowest BCUT2D eigenvalue weighted by atomic mass is 9.84. The van der Waals surface area contributed by atoms with E-state index < -0.39 is 0 Å². The van der Waals surface area contributed by atoms with Crippen molar-refractivity contribution in [1.82, 2.24) is 15.5 Å². The third-order valence-electron chi connectivity index (χ3n) is 5.80. The normalized spacial score (nSPS) is 26.1. The Morgan fingerprint density at radius 2 is 2.36 bits per heavy atom. The molecule has 0 spiro atoms. The summed E-state index contributed by atoms with van der Waals surface area (Å²) in [6.45, 7) is 6.87. The molecule has 0 bridgehead atoms. The summed E-state index contributed by atoms with van der Waals surface area (Å²) in [5.74, 6) is 1.51. The van der Waals surface area contributed by atoms with Crippen LogP contribution in [0.1, 0.15) is 30.6 Å². The molecule has 2 fully saturated rings. The summed E-state index contributed by atoms with van der Waals surface area (Å²) >= 11 is 1.85. The molecule has 6 nitrogen and oxygen atoms in total.